The van der Waals surface area contributed by atoms with Gasteiger partial charge in [0.1, 0.15) is 0 Å². The molecule has 2 heteroatoms. The maximum absolute atomic E-state index is 5.52. The average Bonchev–Trinajstić information content (AvgIpc) is 2.30. The fourth-order valence-corrected chi connectivity index (χ4v) is 2.01. The van der Waals surface area contributed by atoms with Gasteiger partial charge in [0.2, 0.25) is 0 Å². The van der Waals surface area contributed by atoms with E-state index in [1.54, 1.807) is 0 Å². The van der Waals surface area contributed by atoms with Gasteiger partial charge in [-0.25, -0.2) is 0 Å². The third kappa shape index (κ3) is 3.65. The Bertz CT molecular complexity index is 138. The minimum atomic E-state index is 0.696. The van der Waals surface area contributed by atoms with E-state index in [4.69, 9.17) is 4.74 Å². The SMILES string of the molecule is CCCC(C)N1CCOCC(C)C1. The summed E-state index contributed by atoms with van der Waals surface area (Å²) < 4.78 is 5.52. The molecule has 1 fully saturated rings. The van der Waals surface area contributed by atoms with E-state index < -0.39 is 0 Å². The summed E-state index contributed by atoms with van der Waals surface area (Å²) in [5, 5.41) is 0. The molecule has 0 spiro atoms. The van der Waals surface area contributed by atoms with E-state index in [1.165, 1.54) is 19.4 Å². The molecule has 0 aromatic rings. The van der Waals surface area contributed by atoms with Gasteiger partial charge in [0.15, 0.2) is 0 Å². The molecular weight excluding hydrogens is 162 g/mol. The normalized spacial score (nSPS) is 28.4. The summed E-state index contributed by atoms with van der Waals surface area (Å²) in [5.41, 5.74) is 0. The van der Waals surface area contributed by atoms with Crippen LogP contribution >= 0.6 is 0 Å². The van der Waals surface area contributed by atoms with Crippen LogP contribution in [0.3, 0.4) is 0 Å². The van der Waals surface area contributed by atoms with E-state index in [9.17, 15) is 0 Å². The summed E-state index contributed by atoms with van der Waals surface area (Å²) in [7, 11) is 0. The molecule has 1 saturated heterocycles. The summed E-state index contributed by atoms with van der Waals surface area (Å²) >= 11 is 0. The van der Waals surface area contributed by atoms with E-state index in [1.807, 2.05) is 0 Å². The second-order valence-electron chi connectivity index (χ2n) is 4.31. The zero-order chi connectivity index (χ0) is 9.68. The first-order valence-corrected chi connectivity index (χ1v) is 5.55. The highest BCUT2D eigenvalue weighted by Crippen LogP contribution is 2.12. The van der Waals surface area contributed by atoms with Crippen molar-refractivity contribution >= 4 is 0 Å². The molecule has 0 aromatic heterocycles. The molecule has 2 nitrogen and oxygen atoms in total. The van der Waals surface area contributed by atoms with Crippen LogP contribution in [0.15, 0.2) is 0 Å². The van der Waals surface area contributed by atoms with Gasteiger partial charge in [-0.2, -0.15) is 0 Å². The van der Waals surface area contributed by atoms with Gasteiger partial charge in [0, 0.05) is 19.1 Å². The van der Waals surface area contributed by atoms with E-state index >= 15 is 0 Å². The van der Waals surface area contributed by atoms with Crippen LogP contribution < -0.4 is 0 Å². The van der Waals surface area contributed by atoms with Crippen LogP contribution in [0.4, 0.5) is 0 Å². The fraction of sp³-hybridized carbons (Fsp3) is 1.00. The average molecular weight is 185 g/mol. The molecule has 1 rings (SSSR count). The van der Waals surface area contributed by atoms with Gasteiger partial charge in [-0.1, -0.05) is 20.3 Å². The summed E-state index contributed by atoms with van der Waals surface area (Å²) in [4.78, 5) is 2.57. The first-order chi connectivity index (χ1) is 6.24. The molecule has 0 aromatic carbocycles. The molecule has 1 aliphatic rings. The van der Waals surface area contributed by atoms with Crippen LogP contribution in [0.25, 0.3) is 0 Å². The Labute approximate surface area is 82.3 Å². The second kappa shape index (κ2) is 5.61. The standard InChI is InChI=1S/C11H23NO/c1-4-5-11(3)12-6-7-13-9-10(2)8-12/h10-11H,4-9H2,1-3H3. The van der Waals surface area contributed by atoms with Crippen LogP contribution in [0.1, 0.15) is 33.6 Å². The van der Waals surface area contributed by atoms with Crippen molar-refractivity contribution in [3.8, 4) is 0 Å². The molecule has 1 aliphatic heterocycles. The van der Waals surface area contributed by atoms with Crippen molar-refractivity contribution in [2.24, 2.45) is 5.92 Å². The highest BCUT2D eigenvalue weighted by Gasteiger charge is 2.18. The van der Waals surface area contributed by atoms with E-state index in [2.05, 4.69) is 25.7 Å². The molecule has 1 heterocycles. The lowest BCUT2D eigenvalue weighted by Crippen LogP contribution is -2.36. The lowest BCUT2D eigenvalue weighted by Gasteiger charge is -2.28. The van der Waals surface area contributed by atoms with Gasteiger partial charge in [-0.3, -0.25) is 4.90 Å². The zero-order valence-corrected chi connectivity index (χ0v) is 9.25. The Morgan fingerprint density at radius 1 is 1.54 bits per heavy atom. The molecule has 78 valence electrons. The Hall–Kier alpha value is -0.0800. The van der Waals surface area contributed by atoms with Crippen LogP contribution in [0.5, 0.6) is 0 Å². The largest absolute Gasteiger partial charge is 0.380 e. The highest BCUT2D eigenvalue weighted by atomic mass is 16.5. The van der Waals surface area contributed by atoms with Gasteiger partial charge in [-0.05, 0) is 19.3 Å². The molecule has 0 saturated carbocycles. The van der Waals surface area contributed by atoms with E-state index in [0.717, 1.165) is 25.8 Å². The maximum atomic E-state index is 5.52. The Morgan fingerprint density at radius 3 is 3.00 bits per heavy atom. The molecule has 0 N–H and O–H groups in total. The molecule has 0 aliphatic carbocycles. The van der Waals surface area contributed by atoms with Crippen LogP contribution in [0.2, 0.25) is 0 Å². The third-order valence-corrected chi connectivity index (χ3v) is 2.80. The topological polar surface area (TPSA) is 12.5 Å². The lowest BCUT2D eigenvalue weighted by molar-refractivity contribution is 0.123. The van der Waals surface area contributed by atoms with Gasteiger partial charge in [0.25, 0.3) is 0 Å². The summed E-state index contributed by atoms with van der Waals surface area (Å²) in [6, 6.07) is 0.731. The van der Waals surface area contributed by atoms with Gasteiger partial charge >= 0.3 is 0 Å². The second-order valence-corrected chi connectivity index (χ2v) is 4.31. The predicted molar refractivity (Wildman–Crippen MR) is 55.9 cm³/mol. The molecule has 2 atom stereocenters. The Balaban J connectivity index is 2.37. The molecule has 0 bridgehead atoms. The van der Waals surface area contributed by atoms with Crippen LogP contribution in [0, 0.1) is 5.92 Å². The van der Waals surface area contributed by atoms with E-state index in [0.29, 0.717) is 5.92 Å². The first kappa shape index (κ1) is 11.0. The maximum Gasteiger partial charge on any atom is 0.0593 e. The number of nitrogens with zero attached hydrogens (tertiary/aromatic N) is 1. The molecule has 2 unspecified atom stereocenters. The highest BCUT2D eigenvalue weighted by molar-refractivity contribution is 4.71. The minimum Gasteiger partial charge on any atom is -0.380 e. The van der Waals surface area contributed by atoms with Gasteiger partial charge in [0.05, 0.1) is 13.2 Å². The summed E-state index contributed by atoms with van der Waals surface area (Å²) in [6.07, 6.45) is 2.60. The Morgan fingerprint density at radius 2 is 2.31 bits per heavy atom. The number of hydrogen-bond donors (Lipinski definition) is 0. The summed E-state index contributed by atoms with van der Waals surface area (Å²) in [6.45, 7) is 11.0. The van der Waals surface area contributed by atoms with Crippen LogP contribution in [-0.2, 0) is 4.74 Å². The smallest absolute Gasteiger partial charge is 0.0593 e. The van der Waals surface area contributed by atoms with Crippen LogP contribution in [-0.4, -0.2) is 37.2 Å². The van der Waals surface area contributed by atoms with Crippen molar-refractivity contribution in [1.29, 1.82) is 0 Å². The van der Waals surface area contributed by atoms with Crippen molar-refractivity contribution in [2.45, 2.75) is 39.7 Å². The van der Waals surface area contributed by atoms with Crippen molar-refractivity contribution in [3.63, 3.8) is 0 Å². The van der Waals surface area contributed by atoms with Crippen molar-refractivity contribution in [3.05, 3.63) is 0 Å². The minimum absolute atomic E-state index is 0.696. The van der Waals surface area contributed by atoms with Crippen molar-refractivity contribution in [2.75, 3.05) is 26.3 Å². The molecule has 0 radical (unpaired) electrons. The van der Waals surface area contributed by atoms with Crippen molar-refractivity contribution < 1.29 is 4.74 Å². The van der Waals surface area contributed by atoms with Gasteiger partial charge < -0.3 is 4.74 Å². The third-order valence-electron chi connectivity index (χ3n) is 2.80. The van der Waals surface area contributed by atoms with Gasteiger partial charge in [-0.15, -0.1) is 0 Å². The lowest BCUT2D eigenvalue weighted by atomic mass is 10.1. The van der Waals surface area contributed by atoms with E-state index in [-0.39, 0.29) is 0 Å². The molecule has 13 heavy (non-hydrogen) atoms. The monoisotopic (exact) mass is 185 g/mol. The Kier molecular flexibility index (Phi) is 4.74. The fourth-order valence-electron chi connectivity index (χ4n) is 2.01. The first-order valence-electron chi connectivity index (χ1n) is 5.55. The zero-order valence-electron chi connectivity index (χ0n) is 9.25. The predicted octanol–water partition coefficient (Wildman–Crippen LogP) is 2.14. The molecular formula is C11H23NO. The quantitative estimate of drug-likeness (QED) is 0.668. The molecule has 0 amide bonds. The number of ether oxygens (including phenoxy) is 1. The number of hydrogen-bond acceptors (Lipinski definition) is 2. The van der Waals surface area contributed by atoms with Crippen molar-refractivity contribution in [1.82, 2.24) is 4.90 Å². The summed E-state index contributed by atoms with van der Waals surface area (Å²) in [5.74, 6) is 0.696. The number of rotatable bonds is 3.